The van der Waals surface area contributed by atoms with Gasteiger partial charge in [0, 0.05) is 12.8 Å². The predicted octanol–water partition coefficient (Wildman–Crippen LogP) is 10.6. The van der Waals surface area contributed by atoms with Crippen LogP contribution in [0.5, 0.6) is 0 Å². The highest BCUT2D eigenvalue weighted by Crippen LogP contribution is 2.47. The average molecular weight is 921 g/mol. The molecule has 6 N–H and O–H groups in total. The van der Waals surface area contributed by atoms with Crippen LogP contribution in [0.25, 0.3) is 0 Å². The van der Waals surface area contributed by atoms with Gasteiger partial charge in [-0.15, -0.1) is 0 Å². The largest absolute Gasteiger partial charge is 0.472 e. The number of hydrogen-bond acceptors (Lipinski definition) is 12. The Bertz CT molecular complexity index is 1160. The molecule has 0 aliphatic heterocycles. The molecule has 0 saturated heterocycles. The van der Waals surface area contributed by atoms with Gasteiger partial charge in [0.2, 0.25) is 0 Å². The molecule has 0 radical (unpaired) electrons. The van der Waals surface area contributed by atoms with Crippen LogP contribution in [0.15, 0.2) is 12.2 Å². The van der Waals surface area contributed by atoms with Crippen molar-refractivity contribution in [2.24, 2.45) is 0 Å². The van der Waals surface area contributed by atoms with Crippen molar-refractivity contribution in [1.82, 2.24) is 0 Å². The molecule has 1 saturated carbocycles. The van der Waals surface area contributed by atoms with E-state index in [1.54, 1.807) is 0 Å². The molecule has 0 aromatic carbocycles. The van der Waals surface area contributed by atoms with E-state index in [4.69, 9.17) is 18.5 Å². The first-order chi connectivity index (χ1) is 30.4. The molecule has 0 aromatic rings. The second kappa shape index (κ2) is 39.7. The van der Waals surface area contributed by atoms with Gasteiger partial charge in [-0.05, 0) is 32.1 Å². The number of unbranched alkanes of at least 4 members (excludes halogenated alkanes) is 29. The Morgan fingerprint density at radius 2 is 0.841 bits per heavy atom. The third kappa shape index (κ3) is 32.0. The van der Waals surface area contributed by atoms with Crippen LogP contribution in [-0.4, -0.2) is 98.3 Å². The topological polar surface area (TPSA) is 210 Å². The minimum Gasteiger partial charge on any atom is -0.462 e. The quantitative estimate of drug-likeness (QED) is 0.0146. The number of rotatable bonds is 43. The van der Waals surface area contributed by atoms with Gasteiger partial charge in [0.15, 0.2) is 6.10 Å². The lowest BCUT2D eigenvalue weighted by Gasteiger charge is -2.41. The van der Waals surface area contributed by atoms with Gasteiger partial charge < -0.3 is 39.9 Å². The Morgan fingerprint density at radius 3 is 1.27 bits per heavy atom. The molecule has 14 heteroatoms. The SMILES string of the molecule is CCC/C=C\CCCCCCCC(=O)OC(COC(=O)CCCCCCCCCCCCCCCCCCCCCCCCCC)COP(=O)(O)OC1C(O)C(O)C(O)C(O)C1O. The zero-order chi connectivity index (χ0) is 46.4. The molecule has 0 amide bonds. The molecule has 63 heavy (non-hydrogen) atoms. The summed E-state index contributed by atoms with van der Waals surface area (Å²) in [5.74, 6) is -1.10. The van der Waals surface area contributed by atoms with Gasteiger partial charge in [0.25, 0.3) is 0 Å². The van der Waals surface area contributed by atoms with E-state index >= 15 is 0 Å². The van der Waals surface area contributed by atoms with E-state index in [2.05, 4.69) is 26.0 Å². The van der Waals surface area contributed by atoms with Gasteiger partial charge in [-0.2, -0.15) is 0 Å². The third-order valence-corrected chi connectivity index (χ3v) is 13.1. The number of aliphatic hydroxyl groups excluding tert-OH is 5. The molecule has 6 atom stereocenters. The maximum Gasteiger partial charge on any atom is 0.472 e. The molecule has 1 aliphatic carbocycles. The highest BCUT2D eigenvalue weighted by atomic mass is 31.2. The first kappa shape index (κ1) is 59.6. The van der Waals surface area contributed by atoms with Crippen molar-refractivity contribution in [2.75, 3.05) is 13.2 Å². The van der Waals surface area contributed by atoms with Crippen LogP contribution in [-0.2, 0) is 32.7 Å². The molecule has 13 nitrogen and oxygen atoms in total. The summed E-state index contributed by atoms with van der Waals surface area (Å²) in [6.07, 6.45) is 30.1. The fourth-order valence-corrected chi connectivity index (χ4v) is 8.97. The van der Waals surface area contributed by atoms with Gasteiger partial charge in [0.1, 0.15) is 43.2 Å². The van der Waals surface area contributed by atoms with Gasteiger partial charge in [-0.1, -0.05) is 199 Å². The number of ether oxygens (including phenoxy) is 2. The molecule has 0 aromatic heterocycles. The molecular weight excluding hydrogens is 828 g/mol. The lowest BCUT2D eigenvalue weighted by atomic mass is 9.85. The van der Waals surface area contributed by atoms with Crippen LogP contribution in [0.1, 0.15) is 232 Å². The van der Waals surface area contributed by atoms with Crippen LogP contribution >= 0.6 is 7.82 Å². The number of phosphoric ester groups is 1. The average Bonchev–Trinajstić information content (AvgIpc) is 3.26. The number of carbonyl (C=O) groups excluding carboxylic acids is 2. The van der Waals surface area contributed by atoms with Crippen molar-refractivity contribution in [1.29, 1.82) is 0 Å². The van der Waals surface area contributed by atoms with E-state index in [1.165, 1.54) is 128 Å². The Morgan fingerprint density at radius 1 is 0.476 bits per heavy atom. The Labute approximate surface area is 382 Å². The summed E-state index contributed by atoms with van der Waals surface area (Å²) >= 11 is 0. The summed E-state index contributed by atoms with van der Waals surface area (Å²) in [6, 6.07) is 0. The molecule has 1 rings (SSSR count). The first-order valence-corrected chi connectivity index (χ1v) is 27.0. The Hall–Kier alpha value is -1.41. The zero-order valence-electron chi connectivity index (χ0n) is 39.6. The number of carbonyl (C=O) groups is 2. The fraction of sp³-hybridized carbons (Fsp3) is 0.918. The number of allylic oxidation sites excluding steroid dienone is 2. The number of phosphoric acid groups is 1. The minimum atomic E-state index is -5.11. The molecule has 1 fully saturated rings. The minimum absolute atomic E-state index is 0.0895. The highest BCUT2D eigenvalue weighted by Gasteiger charge is 2.51. The second-order valence-electron chi connectivity index (χ2n) is 18.0. The molecule has 0 spiro atoms. The summed E-state index contributed by atoms with van der Waals surface area (Å²) in [6.45, 7) is 3.25. The van der Waals surface area contributed by atoms with Gasteiger partial charge in [0.05, 0.1) is 6.61 Å². The van der Waals surface area contributed by atoms with E-state index in [0.29, 0.717) is 12.8 Å². The van der Waals surface area contributed by atoms with Gasteiger partial charge >= 0.3 is 19.8 Å². The van der Waals surface area contributed by atoms with E-state index in [0.717, 1.165) is 64.2 Å². The third-order valence-electron chi connectivity index (χ3n) is 12.1. The van der Waals surface area contributed by atoms with E-state index in [-0.39, 0.29) is 12.8 Å². The number of hydrogen-bond donors (Lipinski definition) is 6. The predicted molar refractivity (Wildman–Crippen MR) is 249 cm³/mol. The molecule has 0 heterocycles. The summed E-state index contributed by atoms with van der Waals surface area (Å²) in [4.78, 5) is 35.7. The van der Waals surface area contributed by atoms with Crippen molar-refractivity contribution in [3.8, 4) is 0 Å². The molecular formula is C49H93O13P. The van der Waals surface area contributed by atoms with E-state index in [9.17, 15) is 44.6 Å². The summed E-state index contributed by atoms with van der Waals surface area (Å²) in [5, 5.41) is 50.1. The van der Waals surface area contributed by atoms with Crippen LogP contribution < -0.4 is 0 Å². The Balaban J connectivity index is 2.29. The van der Waals surface area contributed by atoms with Crippen molar-refractivity contribution < 1.29 is 63.1 Å². The summed E-state index contributed by atoms with van der Waals surface area (Å²) < 4.78 is 33.5. The lowest BCUT2D eigenvalue weighted by Crippen LogP contribution is -2.64. The fourth-order valence-electron chi connectivity index (χ4n) is 8.00. The number of esters is 2. The van der Waals surface area contributed by atoms with Crippen LogP contribution in [0.3, 0.4) is 0 Å². The van der Waals surface area contributed by atoms with Gasteiger partial charge in [-0.3, -0.25) is 18.6 Å². The molecule has 372 valence electrons. The molecule has 6 unspecified atom stereocenters. The van der Waals surface area contributed by atoms with Crippen molar-refractivity contribution >= 4 is 19.8 Å². The van der Waals surface area contributed by atoms with Crippen molar-refractivity contribution in [2.45, 2.75) is 275 Å². The smallest absolute Gasteiger partial charge is 0.462 e. The summed E-state index contributed by atoms with van der Waals surface area (Å²) in [7, 11) is -5.11. The van der Waals surface area contributed by atoms with Crippen molar-refractivity contribution in [3.05, 3.63) is 12.2 Å². The standard InChI is InChI=1S/C49H93O13P/c1-3-5-7-9-11-13-15-16-17-18-19-20-21-22-23-24-25-26-27-28-30-31-33-35-37-42(50)59-39-41(61-43(51)38-36-34-32-29-14-12-10-8-6-4-2)40-60-63(57,58)62-49-47(55)45(53)44(52)46(54)48(49)56/h8,10,41,44-49,52-56H,3-7,9,11-40H2,1-2H3,(H,57,58)/b10-8-. The number of aliphatic hydroxyl groups is 5. The monoisotopic (exact) mass is 921 g/mol. The molecule has 1 aliphatic rings. The second-order valence-corrected chi connectivity index (χ2v) is 19.4. The highest BCUT2D eigenvalue weighted by molar-refractivity contribution is 7.47. The van der Waals surface area contributed by atoms with Gasteiger partial charge in [-0.25, -0.2) is 4.57 Å². The summed E-state index contributed by atoms with van der Waals surface area (Å²) in [5.41, 5.74) is 0. The lowest BCUT2D eigenvalue weighted by molar-refractivity contribution is -0.220. The normalized spacial score (nSPS) is 21.7. The molecule has 0 bridgehead atoms. The van der Waals surface area contributed by atoms with Crippen LogP contribution in [0.2, 0.25) is 0 Å². The van der Waals surface area contributed by atoms with Crippen LogP contribution in [0.4, 0.5) is 0 Å². The first-order valence-electron chi connectivity index (χ1n) is 25.5. The zero-order valence-corrected chi connectivity index (χ0v) is 40.5. The van der Waals surface area contributed by atoms with E-state index in [1.807, 2.05) is 0 Å². The van der Waals surface area contributed by atoms with Crippen LogP contribution in [0, 0.1) is 0 Å². The maximum absolute atomic E-state index is 12.8. The van der Waals surface area contributed by atoms with E-state index < -0.39 is 75.7 Å². The van der Waals surface area contributed by atoms with Crippen molar-refractivity contribution in [3.63, 3.8) is 0 Å². The maximum atomic E-state index is 12.8. The Kier molecular flexibility index (Phi) is 37.6.